The van der Waals surface area contributed by atoms with Gasteiger partial charge >= 0.3 is 0 Å². The Morgan fingerprint density at radius 2 is 1.42 bits per heavy atom. The highest BCUT2D eigenvalue weighted by Gasteiger charge is 2.10. The number of halogens is 1. The van der Waals surface area contributed by atoms with Gasteiger partial charge in [0.25, 0.3) is 0 Å². The summed E-state index contributed by atoms with van der Waals surface area (Å²) >= 11 is 0. The van der Waals surface area contributed by atoms with Crippen LogP contribution in [-0.2, 0) is 0 Å². The fourth-order valence-corrected chi connectivity index (χ4v) is 2.48. The van der Waals surface area contributed by atoms with Crippen molar-refractivity contribution >= 4 is 0 Å². The van der Waals surface area contributed by atoms with Crippen LogP contribution in [0.3, 0.4) is 0 Å². The molecule has 0 amide bonds. The van der Waals surface area contributed by atoms with E-state index in [0.29, 0.717) is 23.0 Å². The smallest absolute Gasteiger partial charge is 0.130 e. The Morgan fingerprint density at radius 1 is 0.846 bits per heavy atom. The van der Waals surface area contributed by atoms with E-state index in [1.165, 1.54) is 18.9 Å². The first-order valence-electron chi connectivity index (χ1n) is 9.91. The van der Waals surface area contributed by atoms with Crippen molar-refractivity contribution in [1.29, 1.82) is 0 Å². The fraction of sp³-hybridized carbons (Fsp3) is 0.520. The van der Waals surface area contributed by atoms with Gasteiger partial charge in [0.1, 0.15) is 5.83 Å². The molecule has 0 fully saturated rings. The summed E-state index contributed by atoms with van der Waals surface area (Å²) in [4.78, 5) is 0. The summed E-state index contributed by atoms with van der Waals surface area (Å²) in [6, 6.07) is 0. The van der Waals surface area contributed by atoms with Gasteiger partial charge < -0.3 is 0 Å². The van der Waals surface area contributed by atoms with Crippen molar-refractivity contribution in [3.8, 4) is 0 Å². The molecule has 0 rings (SSSR count). The first-order valence-corrected chi connectivity index (χ1v) is 9.91. The summed E-state index contributed by atoms with van der Waals surface area (Å²) in [6.45, 7) is 26.8. The molecular formula is C25H39F. The molecule has 0 bridgehead atoms. The van der Waals surface area contributed by atoms with Gasteiger partial charge in [0, 0.05) is 5.57 Å². The molecule has 0 saturated carbocycles. The minimum absolute atomic E-state index is 0.263. The van der Waals surface area contributed by atoms with Crippen LogP contribution in [0, 0.1) is 17.8 Å². The van der Waals surface area contributed by atoms with Crippen LogP contribution in [0.15, 0.2) is 72.7 Å². The molecule has 0 aliphatic heterocycles. The van der Waals surface area contributed by atoms with E-state index in [2.05, 4.69) is 60.9 Å². The maximum absolute atomic E-state index is 14.5. The van der Waals surface area contributed by atoms with Crippen LogP contribution in [-0.4, -0.2) is 0 Å². The van der Waals surface area contributed by atoms with Crippen molar-refractivity contribution < 1.29 is 4.39 Å². The maximum Gasteiger partial charge on any atom is 0.130 e. The van der Waals surface area contributed by atoms with Crippen molar-refractivity contribution in [2.24, 2.45) is 17.8 Å². The van der Waals surface area contributed by atoms with Gasteiger partial charge in [-0.25, -0.2) is 4.39 Å². The zero-order valence-electron chi connectivity index (χ0n) is 17.7. The normalized spacial score (nSPS) is 14.5. The number of allylic oxidation sites excluding steroid dienone is 8. The largest absolute Gasteiger partial charge is 0.206 e. The lowest BCUT2D eigenvalue weighted by Gasteiger charge is -2.14. The van der Waals surface area contributed by atoms with E-state index in [0.717, 1.165) is 30.4 Å². The third kappa shape index (κ3) is 9.75. The van der Waals surface area contributed by atoms with E-state index in [9.17, 15) is 4.39 Å². The van der Waals surface area contributed by atoms with Crippen molar-refractivity contribution in [2.45, 2.75) is 66.7 Å². The molecule has 0 N–H and O–H groups in total. The molecule has 0 radical (unpaired) electrons. The van der Waals surface area contributed by atoms with Gasteiger partial charge in [-0.15, -0.1) is 0 Å². The predicted octanol–water partition coefficient (Wildman–Crippen LogP) is 8.52. The van der Waals surface area contributed by atoms with Gasteiger partial charge in [0.05, 0.1) is 0 Å². The first kappa shape index (κ1) is 24.4. The Morgan fingerprint density at radius 3 is 1.96 bits per heavy atom. The van der Waals surface area contributed by atoms with E-state index in [4.69, 9.17) is 0 Å². The molecule has 0 aliphatic carbocycles. The minimum Gasteiger partial charge on any atom is -0.206 e. The zero-order chi connectivity index (χ0) is 20.3. The molecule has 0 saturated heterocycles. The van der Waals surface area contributed by atoms with Crippen LogP contribution >= 0.6 is 0 Å². The van der Waals surface area contributed by atoms with Crippen LogP contribution in [0.25, 0.3) is 0 Å². The van der Waals surface area contributed by atoms with E-state index in [1.54, 1.807) is 0 Å². The highest BCUT2D eigenvalue weighted by Crippen LogP contribution is 2.25. The van der Waals surface area contributed by atoms with Crippen LogP contribution in [0.1, 0.15) is 66.7 Å². The number of rotatable bonds is 13. The summed E-state index contributed by atoms with van der Waals surface area (Å²) in [5, 5.41) is 0. The third-order valence-electron chi connectivity index (χ3n) is 4.92. The molecule has 146 valence electrons. The molecule has 0 aliphatic rings. The SMILES string of the molecule is C=C(/C=C\C(=C)C(C)CCCC)C(=C)/C(F)=C\C(=C)C(C)CCC(C)C. The highest BCUT2D eigenvalue weighted by atomic mass is 19.1. The van der Waals surface area contributed by atoms with Gasteiger partial charge in [0.2, 0.25) is 0 Å². The van der Waals surface area contributed by atoms with Gasteiger partial charge in [-0.3, -0.25) is 0 Å². The van der Waals surface area contributed by atoms with Crippen LogP contribution in [0.4, 0.5) is 4.39 Å². The Balaban J connectivity index is 4.75. The van der Waals surface area contributed by atoms with Gasteiger partial charge in [-0.2, -0.15) is 0 Å². The summed E-state index contributed by atoms with van der Waals surface area (Å²) < 4.78 is 14.5. The summed E-state index contributed by atoms with van der Waals surface area (Å²) in [5.74, 6) is 0.977. The lowest BCUT2D eigenvalue weighted by Crippen LogP contribution is -2.00. The van der Waals surface area contributed by atoms with E-state index < -0.39 is 0 Å². The average molecular weight is 359 g/mol. The molecule has 0 aromatic carbocycles. The second kappa shape index (κ2) is 12.7. The Kier molecular flexibility index (Phi) is 11.9. The lowest BCUT2D eigenvalue weighted by atomic mass is 9.92. The molecule has 0 spiro atoms. The van der Waals surface area contributed by atoms with Crippen LogP contribution in [0.5, 0.6) is 0 Å². The third-order valence-corrected chi connectivity index (χ3v) is 4.92. The monoisotopic (exact) mass is 358 g/mol. The minimum atomic E-state index is -0.356. The van der Waals surface area contributed by atoms with Crippen LogP contribution < -0.4 is 0 Å². The molecule has 2 unspecified atom stereocenters. The first-order chi connectivity index (χ1) is 12.1. The lowest BCUT2D eigenvalue weighted by molar-refractivity contribution is 0.493. The fourth-order valence-electron chi connectivity index (χ4n) is 2.48. The summed E-state index contributed by atoms with van der Waals surface area (Å²) in [7, 11) is 0. The van der Waals surface area contributed by atoms with Crippen LogP contribution in [0.2, 0.25) is 0 Å². The zero-order valence-corrected chi connectivity index (χ0v) is 17.7. The second-order valence-electron chi connectivity index (χ2n) is 7.89. The quantitative estimate of drug-likeness (QED) is 0.289. The van der Waals surface area contributed by atoms with E-state index >= 15 is 0 Å². The molecule has 0 aromatic rings. The molecule has 1 heteroatoms. The van der Waals surface area contributed by atoms with E-state index in [1.807, 2.05) is 12.2 Å². The number of hydrogen-bond acceptors (Lipinski definition) is 0. The topological polar surface area (TPSA) is 0 Å². The molecular weight excluding hydrogens is 319 g/mol. The molecule has 0 nitrogen and oxygen atoms in total. The van der Waals surface area contributed by atoms with Crippen molar-refractivity contribution in [3.63, 3.8) is 0 Å². The number of hydrogen-bond donors (Lipinski definition) is 0. The number of unbranched alkanes of at least 4 members (excludes halogenated alkanes) is 1. The molecule has 0 aromatic heterocycles. The van der Waals surface area contributed by atoms with Crippen molar-refractivity contribution in [3.05, 3.63) is 72.7 Å². The van der Waals surface area contributed by atoms with Crippen molar-refractivity contribution in [1.82, 2.24) is 0 Å². The standard InChI is InChI=1S/C25H39F/c1-10-11-12-19(4)20(5)15-16-22(7)24(9)25(26)17-23(8)21(6)14-13-18(2)3/h15-19,21H,5,7-14H2,1-4,6H3/b16-15-,25-17+. The molecule has 26 heavy (non-hydrogen) atoms. The summed E-state index contributed by atoms with van der Waals surface area (Å²) in [6.07, 6.45) is 10.9. The molecule has 2 atom stereocenters. The summed E-state index contributed by atoms with van der Waals surface area (Å²) in [5.41, 5.74) is 2.74. The Bertz CT molecular complexity index is 557. The van der Waals surface area contributed by atoms with E-state index in [-0.39, 0.29) is 11.7 Å². The van der Waals surface area contributed by atoms with Gasteiger partial charge in [-0.05, 0) is 47.8 Å². The Hall–Kier alpha value is -1.63. The second-order valence-corrected chi connectivity index (χ2v) is 7.89. The maximum atomic E-state index is 14.5. The van der Waals surface area contributed by atoms with Gasteiger partial charge in [0.15, 0.2) is 0 Å². The van der Waals surface area contributed by atoms with Crippen molar-refractivity contribution in [2.75, 3.05) is 0 Å². The van der Waals surface area contributed by atoms with Gasteiger partial charge in [-0.1, -0.05) is 97.9 Å². The predicted molar refractivity (Wildman–Crippen MR) is 117 cm³/mol. The average Bonchev–Trinajstić information content (AvgIpc) is 2.60. The highest BCUT2D eigenvalue weighted by molar-refractivity contribution is 5.48. The molecule has 0 heterocycles. The Labute approximate surface area is 162 Å².